The molecule has 2 fully saturated rings. The molecule has 2 aliphatic rings. The van der Waals surface area contributed by atoms with Crippen LogP contribution in [0.2, 0.25) is 0 Å². The van der Waals surface area contributed by atoms with Crippen molar-refractivity contribution in [3.05, 3.63) is 0 Å². The second-order valence-electron chi connectivity index (χ2n) is 6.08. The van der Waals surface area contributed by atoms with Crippen molar-refractivity contribution >= 4 is 6.03 Å². The summed E-state index contributed by atoms with van der Waals surface area (Å²) >= 11 is 0. The lowest BCUT2D eigenvalue weighted by Crippen LogP contribution is -2.50. The lowest BCUT2D eigenvalue weighted by molar-refractivity contribution is -0.0139. The first-order valence-electron chi connectivity index (χ1n) is 7.38. The molecule has 19 heavy (non-hydrogen) atoms. The van der Waals surface area contributed by atoms with Crippen LogP contribution < -0.4 is 10.6 Å². The molecule has 0 aromatic heterocycles. The molecule has 2 rings (SSSR count). The van der Waals surface area contributed by atoms with Gasteiger partial charge in [0.1, 0.15) is 0 Å². The fraction of sp³-hybridized carbons (Fsp3) is 0.929. The fourth-order valence-electron chi connectivity index (χ4n) is 2.78. The van der Waals surface area contributed by atoms with Crippen LogP contribution in [0.4, 0.5) is 4.79 Å². The fourth-order valence-corrected chi connectivity index (χ4v) is 2.78. The highest BCUT2D eigenvalue weighted by Gasteiger charge is 2.32. The van der Waals surface area contributed by atoms with Crippen molar-refractivity contribution in [1.82, 2.24) is 10.6 Å². The van der Waals surface area contributed by atoms with E-state index in [1.54, 1.807) is 0 Å². The minimum absolute atomic E-state index is 0.106. The first-order chi connectivity index (χ1) is 9.15. The van der Waals surface area contributed by atoms with E-state index in [-0.39, 0.29) is 24.1 Å². The van der Waals surface area contributed by atoms with E-state index in [9.17, 15) is 9.90 Å². The zero-order valence-corrected chi connectivity index (χ0v) is 11.8. The molecule has 1 saturated heterocycles. The molecule has 3 N–H and O–H groups in total. The molecule has 1 aliphatic heterocycles. The Morgan fingerprint density at radius 2 is 2.11 bits per heavy atom. The average molecular weight is 270 g/mol. The van der Waals surface area contributed by atoms with Crippen LogP contribution in [0.1, 0.15) is 39.0 Å². The Kier molecular flexibility index (Phi) is 5.05. The highest BCUT2D eigenvalue weighted by molar-refractivity contribution is 5.74. The average Bonchev–Trinajstić information content (AvgIpc) is 2.35. The number of hydrogen-bond acceptors (Lipinski definition) is 3. The normalized spacial score (nSPS) is 24.3. The molecular weight excluding hydrogens is 244 g/mol. The summed E-state index contributed by atoms with van der Waals surface area (Å²) in [7, 11) is 0. The van der Waals surface area contributed by atoms with Crippen LogP contribution in [-0.4, -0.2) is 43.5 Å². The molecule has 1 aliphatic carbocycles. The Morgan fingerprint density at radius 3 is 2.63 bits per heavy atom. The van der Waals surface area contributed by atoms with Gasteiger partial charge in [-0.25, -0.2) is 4.79 Å². The number of amides is 2. The Bertz CT molecular complexity index is 299. The smallest absolute Gasteiger partial charge is 0.315 e. The largest absolute Gasteiger partial charge is 0.396 e. The van der Waals surface area contributed by atoms with Gasteiger partial charge in [-0.3, -0.25) is 0 Å². The van der Waals surface area contributed by atoms with Gasteiger partial charge < -0.3 is 20.5 Å². The molecule has 110 valence electrons. The lowest BCUT2D eigenvalue weighted by atomic mass is 9.80. The van der Waals surface area contributed by atoms with Gasteiger partial charge in [0.25, 0.3) is 0 Å². The van der Waals surface area contributed by atoms with E-state index >= 15 is 0 Å². The van der Waals surface area contributed by atoms with Crippen molar-refractivity contribution < 1.29 is 14.6 Å². The molecule has 5 heteroatoms. The molecule has 1 heterocycles. The van der Waals surface area contributed by atoms with Gasteiger partial charge in [0.15, 0.2) is 0 Å². The maximum atomic E-state index is 11.9. The number of urea groups is 1. The summed E-state index contributed by atoms with van der Waals surface area (Å²) in [5.74, 6) is 0.639. The molecule has 1 atom stereocenters. The summed E-state index contributed by atoms with van der Waals surface area (Å²) in [6.07, 6.45) is 5.34. The van der Waals surface area contributed by atoms with Crippen LogP contribution in [-0.2, 0) is 4.74 Å². The molecule has 1 saturated carbocycles. The number of aliphatic hydroxyl groups is 1. The van der Waals surface area contributed by atoms with Crippen LogP contribution in [0, 0.1) is 11.3 Å². The van der Waals surface area contributed by atoms with Crippen molar-refractivity contribution in [2.24, 2.45) is 11.3 Å². The number of hydrogen-bond donors (Lipinski definition) is 3. The molecule has 2 amide bonds. The summed E-state index contributed by atoms with van der Waals surface area (Å²) in [4.78, 5) is 11.9. The number of nitrogens with one attached hydrogen (secondary N) is 2. The van der Waals surface area contributed by atoms with Gasteiger partial charge in [0.05, 0.1) is 6.61 Å². The van der Waals surface area contributed by atoms with E-state index in [0.717, 1.165) is 12.8 Å². The summed E-state index contributed by atoms with van der Waals surface area (Å²) < 4.78 is 5.31. The van der Waals surface area contributed by atoms with Crippen LogP contribution in [0.15, 0.2) is 0 Å². The number of rotatable bonds is 5. The molecule has 0 aromatic carbocycles. The third-order valence-corrected chi connectivity index (χ3v) is 4.73. The zero-order valence-electron chi connectivity index (χ0n) is 11.8. The maximum absolute atomic E-state index is 11.9. The molecular formula is C14H26N2O3. The van der Waals surface area contributed by atoms with E-state index in [1.807, 2.05) is 0 Å². The van der Waals surface area contributed by atoms with E-state index < -0.39 is 0 Å². The highest BCUT2D eigenvalue weighted by Crippen LogP contribution is 2.30. The maximum Gasteiger partial charge on any atom is 0.315 e. The van der Waals surface area contributed by atoms with Crippen molar-refractivity contribution in [1.29, 1.82) is 0 Å². The standard InChI is InChI=1S/C14H26N2O3/c1-11(12-3-2-4-12)16-13(18)15-9-14(10-17)5-7-19-8-6-14/h11-12,17H,2-10H2,1H3,(H2,15,16,18). The van der Waals surface area contributed by atoms with Crippen LogP contribution >= 0.6 is 0 Å². The topological polar surface area (TPSA) is 70.6 Å². The Labute approximate surface area is 115 Å². The molecule has 5 nitrogen and oxygen atoms in total. The van der Waals surface area contributed by atoms with E-state index in [2.05, 4.69) is 17.6 Å². The number of ether oxygens (including phenoxy) is 1. The molecule has 0 aromatic rings. The highest BCUT2D eigenvalue weighted by atomic mass is 16.5. The van der Waals surface area contributed by atoms with E-state index in [0.29, 0.717) is 25.7 Å². The van der Waals surface area contributed by atoms with Crippen LogP contribution in [0.3, 0.4) is 0 Å². The van der Waals surface area contributed by atoms with Crippen molar-refractivity contribution in [2.45, 2.75) is 45.1 Å². The van der Waals surface area contributed by atoms with Gasteiger partial charge in [-0.05, 0) is 38.5 Å². The van der Waals surface area contributed by atoms with Gasteiger partial charge in [-0.2, -0.15) is 0 Å². The second kappa shape index (κ2) is 6.57. The first-order valence-corrected chi connectivity index (χ1v) is 7.38. The number of aliphatic hydroxyl groups excluding tert-OH is 1. The summed E-state index contributed by atoms with van der Waals surface area (Å²) in [5.41, 5.74) is -0.199. The third kappa shape index (κ3) is 3.83. The first kappa shape index (κ1) is 14.6. The predicted molar refractivity (Wildman–Crippen MR) is 72.9 cm³/mol. The lowest BCUT2D eigenvalue weighted by Gasteiger charge is -2.36. The number of carbonyl (C=O) groups is 1. The minimum atomic E-state index is -0.199. The van der Waals surface area contributed by atoms with Crippen LogP contribution in [0.25, 0.3) is 0 Å². The molecule has 1 unspecified atom stereocenters. The third-order valence-electron chi connectivity index (χ3n) is 4.73. The van der Waals surface area contributed by atoms with Crippen molar-refractivity contribution in [3.8, 4) is 0 Å². The van der Waals surface area contributed by atoms with Crippen molar-refractivity contribution in [2.75, 3.05) is 26.4 Å². The molecule has 0 bridgehead atoms. The van der Waals surface area contributed by atoms with Gasteiger partial charge in [-0.1, -0.05) is 6.42 Å². The minimum Gasteiger partial charge on any atom is -0.396 e. The van der Waals surface area contributed by atoms with Gasteiger partial charge in [0.2, 0.25) is 0 Å². The van der Waals surface area contributed by atoms with E-state index in [1.165, 1.54) is 19.3 Å². The molecule has 0 spiro atoms. The second-order valence-corrected chi connectivity index (χ2v) is 6.08. The monoisotopic (exact) mass is 270 g/mol. The Balaban J connectivity index is 1.72. The van der Waals surface area contributed by atoms with Crippen molar-refractivity contribution in [3.63, 3.8) is 0 Å². The zero-order chi connectivity index (χ0) is 13.7. The Hall–Kier alpha value is -0.810. The summed E-state index contributed by atoms with van der Waals surface area (Å²) in [5, 5.41) is 15.5. The quantitative estimate of drug-likeness (QED) is 0.704. The Morgan fingerprint density at radius 1 is 1.42 bits per heavy atom. The summed E-state index contributed by atoms with van der Waals surface area (Å²) in [6.45, 7) is 4.04. The van der Waals surface area contributed by atoms with E-state index in [4.69, 9.17) is 4.74 Å². The molecule has 0 radical (unpaired) electrons. The van der Waals surface area contributed by atoms with Crippen LogP contribution in [0.5, 0.6) is 0 Å². The SMILES string of the molecule is CC(NC(=O)NCC1(CO)CCOCC1)C1CCC1. The van der Waals surface area contributed by atoms with Gasteiger partial charge >= 0.3 is 6.03 Å². The van der Waals surface area contributed by atoms with Gasteiger partial charge in [-0.15, -0.1) is 0 Å². The summed E-state index contributed by atoms with van der Waals surface area (Å²) in [6, 6.07) is 0.132. The predicted octanol–water partition coefficient (Wildman–Crippen LogP) is 1.26. The number of carbonyl (C=O) groups excluding carboxylic acids is 1. The van der Waals surface area contributed by atoms with Gasteiger partial charge in [0, 0.05) is 31.2 Å².